The number of aromatic carboxylic acids is 1. The van der Waals surface area contributed by atoms with Gasteiger partial charge >= 0.3 is 5.97 Å². The van der Waals surface area contributed by atoms with E-state index < -0.39 is 5.97 Å². The Bertz CT molecular complexity index is 366. The standard InChI is InChI=1S/C11H17N3O2/c1-4-9(7(2)3)13-10-8(11(15)16)5-6-12-14-10/h5-7,9H,4H2,1-3H3,(H,13,14)(H,15,16). The van der Waals surface area contributed by atoms with Gasteiger partial charge in [-0.1, -0.05) is 20.8 Å². The van der Waals surface area contributed by atoms with Gasteiger partial charge in [0.25, 0.3) is 0 Å². The molecule has 0 saturated carbocycles. The van der Waals surface area contributed by atoms with Crippen LogP contribution in [0.5, 0.6) is 0 Å². The molecule has 0 bridgehead atoms. The molecule has 5 heteroatoms. The molecule has 0 radical (unpaired) electrons. The van der Waals surface area contributed by atoms with E-state index in [-0.39, 0.29) is 11.6 Å². The molecule has 0 aliphatic rings. The van der Waals surface area contributed by atoms with Gasteiger partial charge in [-0.05, 0) is 18.4 Å². The van der Waals surface area contributed by atoms with Crippen LogP contribution in [-0.2, 0) is 0 Å². The third-order valence-corrected chi connectivity index (χ3v) is 2.52. The van der Waals surface area contributed by atoms with Gasteiger partial charge in [0, 0.05) is 6.04 Å². The first-order valence-electron chi connectivity index (χ1n) is 5.37. The minimum atomic E-state index is -0.990. The summed E-state index contributed by atoms with van der Waals surface area (Å²) in [5.41, 5.74) is 0.161. The number of rotatable bonds is 5. The average Bonchev–Trinajstić information content (AvgIpc) is 2.25. The predicted molar refractivity (Wildman–Crippen MR) is 61.5 cm³/mol. The zero-order chi connectivity index (χ0) is 12.1. The number of aromatic nitrogens is 2. The third-order valence-electron chi connectivity index (χ3n) is 2.52. The Balaban J connectivity index is 2.91. The summed E-state index contributed by atoms with van der Waals surface area (Å²) in [6, 6.07) is 1.65. The first-order chi connectivity index (χ1) is 7.56. The molecule has 1 aromatic rings. The van der Waals surface area contributed by atoms with Gasteiger partial charge in [-0.25, -0.2) is 4.79 Å². The number of nitrogens with one attached hydrogen (secondary N) is 1. The van der Waals surface area contributed by atoms with Gasteiger partial charge in [0.1, 0.15) is 5.56 Å². The van der Waals surface area contributed by atoms with Gasteiger partial charge in [-0.15, -0.1) is 5.10 Å². The van der Waals surface area contributed by atoms with Crippen molar-refractivity contribution in [2.24, 2.45) is 5.92 Å². The number of carboxylic acids is 1. The molecule has 0 saturated heterocycles. The fourth-order valence-electron chi connectivity index (χ4n) is 1.53. The largest absolute Gasteiger partial charge is 0.478 e. The van der Waals surface area contributed by atoms with Gasteiger partial charge in [-0.2, -0.15) is 5.10 Å². The van der Waals surface area contributed by atoms with Crippen molar-refractivity contribution in [1.29, 1.82) is 0 Å². The maximum Gasteiger partial charge on any atom is 0.339 e. The van der Waals surface area contributed by atoms with E-state index in [0.717, 1.165) is 6.42 Å². The molecule has 0 aromatic carbocycles. The molecule has 1 atom stereocenters. The van der Waals surface area contributed by atoms with Crippen LogP contribution >= 0.6 is 0 Å². The van der Waals surface area contributed by atoms with Gasteiger partial charge < -0.3 is 10.4 Å². The summed E-state index contributed by atoms with van der Waals surface area (Å²) in [5, 5.41) is 19.6. The lowest BCUT2D eigenvalue weighted by molar-refractivity contribution is 0.0697. The summed E-state index contributed by atoms with van der Waals surface area (Å²) in [4.78, 5) is 11.0. The van der Waals surface area contributed by atoms with Gasteiger partial charge in [0.15, 0.2) is 5.82 Å². The molecule has 0 aliphatic carbocycles. The minimum absolute atomic E-state index is 0.161. The van der Waals surface area contributed by atoms with Gasteiger partial charge in [0.2, 0.25) is 0 Å². The van der Waals surface area contributed by atoms with E-state index in [0.29, 0.717) is 11.7 Å². The molecule has 1 unspecified atom stereocenters. The zero-order valence-corrected chi connectivity index (χ0v) is 9.77. The Labute approximate surface area is 94.9 Å². The third kappa shape index (κ3) is 2.92. The summed E-state index contributed by atoms with van der Waals surface area (Å²) in [6.07, 6.45) is 2.29. The SMILES string of the molecule is CCC(Nc1nnccc1C(=O)O)C(C)C. The number of carbonyl (C=O) groups is 1. The molecule has 0 amide bonds. The van der Waals surface area contributed by atoms with E-state index in [9.17, 15) is 4.79 Å². The Hall–Kier alpha value is -1.65. The molecule has 2 N–H and O–H groups in total. The molecule has 1 heterocycles. The fraction of sp³-hybridized carbons (Fsp3) is 0.545. The van der Waals surface area contributed by atoms with E-state index in [1.165, 1.54) is 12.3 Å². The van der Waals surface area contributed by atoms with Crippen molar-refractivity contribution >= 4 is 11.8 Å². The van der Waals surface area contributed by atoms with Crippen molar-refractivity contribution in [1.82, 2.24) is 10.2 Å². The van der Waals surface area contributed by atoms with E-state index in [4.69, 9.17) is 5.11 Å². The predicted octanol–water partition coefficient (Wildman–Crippen LogP) is 2.02. The quantitative estimate of drug-likeness (QED) is 0.798. The summed E-state index contributed by atoms with van der Waals surface area (Å²) in [7, 11) is 0. The average molecular weight is 223 g/mol. The summed E-state index contributed by atoms with van der Waals surface area (Å²) < 4.78 is 0. The highest BCUT2D eigenvalue weighted by atomic mass is 16.4. The Kier molecular flexibility index (Phi) is 4.22. The normalized spacial score (nSPS) is 12.5. The monoisotopic (exact) mass is 223 g/mol. The van der Waals surface area contributed by atoms with Crippen molar-refractivity contribution in [2.45, 2.75) is 33.2 Å². The van der Waals surface area contributed by atoms with E-state index in [1.807, 2.05) is 0 Å². The molecule has 16 heavy (non-hydrogen) atoms. The fourth-order valence-corrected chi connectivity index (χ4v) is 1.53. The summed E-state index contributed by atoms with van der Waals surface area (Å²) in [5.74, 6) is -0.236. The van der Waals surface area contributed by atoms with Crippen LogP contribution in [0.1, 0.15) is 37.6 Å². The van der Waals surface area contributed by atoms with Crippen LogP contribution < -0.4 is 5.32 Å². The maximum atomic E-state index is 11.0. The Morgan fingerprint density at radius 1 is 1.56 bits per heavy atom. The Morgan fingerprint density at radius 2 is 2.25 bits per heavy atom. The molecule has 0 spiro atoms. The van der Waals surface area contributed by atoms with Crippen molar-refractivity contribution in [3.63, 3.8) is 0 Å². The molecule has 88 valence electrons. The van der Waals surface area contributed by atoms with E-state index >= 15 is 0 Å². The van der Waals surface area contributed by atoms with E-state index in [2.05, 4.69) is 36.3 Å². The molecular formula is C11H17N3O2. The lowest BCUT2D eigenvalue weighted by Crippen LogP contribution is -2.26. The number of hydrogen-bond acceptors (Lipinski definition) is 4. The molecule has 5 nitrogen and oxygen atoms in total. The van der Waals surface area contributed by atoms with Crippen molar-refractivity contribution in [3.05, 3.63) is 17.8 Å². The number of anilines is 1. The van der Waals surface area contributed by atoms with Crippen molar-refractivity contribution in [2.75, 3.05) is 5.32 Å². The first kappa shape index (κ1) is 12.4. The van der Waals surface area contributed by atoms with Gasteiger partial charge in [0.05, 0.1) is 6.20 Å². The summed E-state index contributed by atoms with van der Waals surface area (Å²) >= 11 is 0. The molecule has 0 fully saturated rings. The molecule has 1 aromatic heterocycles. The maximum absolute atomic E-state index is 11.0. The highest BCUT2D eigenvalue weighted by Crippen LogP contribution is 2.16. The van der Waals surface area contributed by atoms with E-state index in [1.54, 1.807) is 0 Å². The smallest absolute Gasteiger partial charge is 0.339 e. The summed E-state index contributed by atoms with van der Waals surface area (Å²) in [6.45, 7) is 6.21. The topological polar surface area (TPSA) is 75.1 Å². The second kappa shape index (κ2) is 5.44. The first-order valence-corrected chi connectivity index (χ1v) is 5.37. The Morgan fingerprint density at radius 3 is 2.75 bits per heavy atom. The number of carboxylic acid groups (broad SMARTS) is 1. The van der Waals surface area contributed by atoms with Crippen LogP contribution in [0, 0.1) is 5.92 Å². The number of hydrogen-bond donors (Lipinski definition) is 2. The highest BCUT2D eigenvalue weighted by molar-refractivity contribution is 5.92. The van der Waals surface area contributed by atoms with Crippen LogP contribution in [0.3, 0.4) is 0 Å². The molecule has 0 aliphatic heterocycles. The second-order valence-corrected chi connectivity index (χ2v) is 4.00. The lowest BCUT2D eigenvalue weighted by atomic mass is 10.0. The van der Waals surface area contributed by atoms with Crippen LogP contribution in [0.4, 0.5) is 5.82 Å². The zero-order valence-electron chi connectivity index (χ0n) is 9.77. The minimum Gasteiger partial charge on any atom is -0.478 e. The molecular weight excluding hydrogens is 206 g/mol. The van der Waals surface area contributed by atoms with Crippen LogP contribution in [0.2, 0.25) is 0 Å². The lowest BCUT2D eigenvalue weighted by Gasteiger charge is -2.21. The van der Waals surface area contributed by atoms with Gasteiger partial charge in [-0.3, -0.25) is 0 Å². The van der Waals surface area contributed by atoms with Crippen LogP contribution in [-0.4, -0.2) is 27.3 Å². The van der Waals surface area contributed by atoms with Crippen LogP contribution in [0.15, 0.2) is 12.3 Å². The van der Waals surface area contributed by atoms with Crippen LogP contribution in [0.25, 0.3) is 0 Å². The molecule has 1 rings (SSSR count). The van der Waals surface area contributed by atoms with Crippen molar-refractivity contribution < 1.29 is 9.90 Å². The second-order valence-electron chi connectivity index (χ2n) is 4.00. The number of nitrogens with zero attached hydrogens (tertiary/aromatic N) is 2. The van der Waals surface area contributed by atoms with Crippen molar-refractivity contribution in [3.8, 4) is 0 Å². The highest BCUT2D eigenvalue weighted by Gasteiger charge is 2.16.